The van der Waals surface area contributed by atoms with Crippen LogP contribution in [0.5, 0.6) is 0 Å². The molecule has 0 saturated heterocycles. The first-order chi connectivity index (χ1) is 21.7. The summed E-state index contributed by atoms with van der Waals surface area (Å²) in [7, 11) is 0. The van der Waals surface area contributed by atoms with Crippen molar-refractivity contribution in [3.8, 4) is 0 Å². The van der Waals surface area contributed by atoms with Gasteiger partial charge in [0.15, 0.2) is 0 Å². The van der Waals surface area contributed by atoms with Gasteiger partial charge in [0.2, 0.25) is 0 Å². The number of hydrogen-bond acceptors (Lipinski definition) is 2. The summed E-state index contributed by atoms with van der Waals surface area (Å²) in [6.07, 6.45) is 19.2. The van der Waals surface area contributed by atoms with Gasteiger partial charge in [-0.05, 0) is 75.6 Å². The topological polar surface area (TPSA) is 25.8 Å². The Morgan fingerprint density at radius 3 is 0.822 bits per heavy atom. The average Bonchev–Trinajstić information content (AvgIpc) is 3.93. The van der Waals surface area contributed by atoms with E-state index in [1.807, 2.05) is 0 Å². The van der Waals surface area contributed by atoms with Crippen LogP contribution in [0, 0.1) is 12.1 Å². The van der Waals surface area contributed by atoms with Gasteiger partial charge in [0.25, 0.3) is 0 Å². The summed E-state index contributed by atoms with van der Waals surface area (Å²) in [6.45, 7) is 0. The summed E-state index contributed by atoms with van der Waals surface area (Å²) in [6, 6.07) is 36.4. The second-order valence-electron chi connectivity index (χ2n) is 14.9. The van der Waals surface area contributed by atoms with Crippen molar-refractivity contribution in [2.75, 3.05) is 0 Å². The number of fused-ring (bicyclic) bond motifs is 16. The Bertz CT molecular complexity index is 1360. The van der Waals surface area contributed by atoms with Crippen LogP contribution in [0.25, 0.3) is 0 Å². The molecule has 4 spiro atoms. The van der Waals surface area contributed by atoms with Crippen LogP contribution in [0.3, 0.4) is 0 Å². The number of benzene rings is 2. The maximum Gasteiger partial charge on any atom is 2.00 e. The van der Waals surface area contributed by atoms with Gasteiger partial charge < -0.3 is 0 Å². The number of aromatic nitrogens is 2. The molecule has 4 aromatic rings. The number of pyridine rings is 2. The predicted octanol–water partition coefficient (Wildman–Crippen LogP) is 9.83. The van der Waals surface area contributed by atoms with E-state index in [4.69, 9.17) is 9.97 Å². The van der Waals surface area contributed by atoms with Crippen molar-refractivity contribution in [2.24, 2.45) is 0 Å². The molecule has 5 aliphatic rings. The molecule has 0 N–H and O–H groups in total. The number of nitrogens with zero attached hydrogens (tertiary/aromatic N) is 2. The molecule has 2 aromatic heterocycles. The van der Waals surface area contributed by atoms with Gasteiger partial charge in [-0.2, -0.15) is 48.5 Å². The molecule has 9 rings (SSSR count). The molecule has 1 aliphatic heterocycles. The van der Waals surface area contributed by atoms with Crippen molar-refractivity contribution in [1.82, 2.24) is 9.97 Å². The summed E-state index contributed by atoms with van der Waals surface area (Å²) in [5.74, 6) is 0. The minimum Gasteiger partial charge on any atom is -0.256 e. The van der Waals surface area contributed by atoms with Crippen LogP contribution in [0.2, 0.25) is 0 Å². The zero-order valence-electron chi connectivity index (χ0n) is 26.5. The largest absolute Gasteiger partial charge is 2.00 e. The van der Waals surface area contributed by atoms with Crippen molar-refractivity contribution in [1.29, 1.82) is 0 Å². The molecule has 2 aromatic carbocycles. The fraction of sp³-hybridized carbons (Fsp3) is 0.476. The van der Waals surface area contributed by atoms with Crippen LogP contribution in [-0.2, 0) is 42.7 Å². The molecular weight excluding hydrogens is 728 g/mol. The van der Waals surface area contributed by atoms with Gasteiger partial charge in [-0.15, -0.1) is 22.3 Å². The zero-order chi connectivity index (χ0) is 29.2. The Kier molecular flexibility index (Phi) is 7.48. The third kappa shape index (κ3) is 4.37. The third-order valence-corrected chi connectivity index (χ3v) is 12.9. The van der Waals surface area contributed by atoms with Gasteiger partial charge >= 0.3 is 21.1 Å². The zero-order valence-corrected chi connectivity index (χ0v) is 28.7. The number of hydrogen-bond donors (Lipinski definition) is 0. The van der Waals surface area contributed by atoms with Crippen LogP contribution in [0.4, 0.5) is 0 Å². The van der Waals surface area contributed by atoms with Gasteiger partial charge in [0.1, 0.15) is 0 Å². The summed E-state index contributed by atoms with van der Waals surface area (Å²) >= 11 is 0. The van der Waals surface area contributed by atoms with Gasteiger partial charge in [-0.25, -0.2) is 0 Å². The molecule has 4 aliphatic carbocycles. The van der Waals surface area contributed by atoms with E-state index in [1.54, 1.807) is 0 Å². The van der Waals surface area contributed by atoms with Crippen LogP contribution < -0.4 is 0 Å². The van der Waals surface area contributed by atoms with E-state index in [2.05, 4.69) is 84.9 Å². The van der Waals surface area contributed by atoms with Crippen LogP contribution in [0.15, 0.2) is 72.8 Å². The van der Waals surface area contributed by atoms with Crippen molar-refractivity contribution in [2.45, 2.75) is 124 Å². The monoisotopic (exact) mass is 771 g/mol. The first-order valence-corrected chi connectivity index (χ1v) is 17.7. The molecule has 0 atom stereocenters. The third-order valence-electron chi connectivity index (χ3n) is 12.9. The van der Waals surface area contributed by atoms with Crippen molar-refractivity contribution < 1.29 is 21.1 Å². The number of rotatable bonds is 0. The Hall–Kier alpha value is -2.57. The van der Waals surface area contributed by atoms with E-state index in [9.17, 15) is 0 Å². The molecule has 0 radical (unpaired) electrons. The minimum absolute atomic E-state index is 0. The first-order valence-electron chi connectivity index (χ1n) is 17.7. The van der Waals surface area contributed by atoms with E-state index >= 15 is 0 Å². The molecule has 4 saturated carbocycles. The standard InChI is InChI=1S/C42H44N2.Pt/c1-2-22-39(21-1)31-13-9-14-32(29-31)40(23-3-4-24-40)37-19-12-20-38(44-37)42(27-7-8-28-42)34-16-10-15-33(30-34)41(25-5-6-26-41)36-18-11-17-35(39)43-36;/h9-20H,1-8,21-28H2;/q-2;+2. The van der Waals surface area contributed by atoms with Crippen molar-refractivity contribution in [3.63, 3.8) is 0 Å². The van der Waals surface area contributed by atoms with Gasteiger partial charge in [0, 0.05) is 44.4 Å². The van der Waals surface area contributed by atoms with Crippen molar-refractivity contribution in [3.05, 3.63) is 130 Å². The minimum atomic E-state index is -0.0720. The Morgan fingerprint density at radius 2 is 0.578 bits per heavy atom. The second-order valence-corrected chi connectivity index (χ2v) is 14.9. The Balaban J connectivity index is 0.00000300. The van der Waals surface area contributed by atoms with E-state index in [0.29, 0.717) is 0 Å². The Morgan fingerprint density at radius 1 is 0.356 bits per heavy atom. The molecule has 8 bridgehead atoms. The maximum absolute atomic E-state index is 5.73. The molecular formula is C42H44N2Pt. The first kappa shape index (κ1) is 29.8. The maximum atomic E-state index is 5.73. The molecule has 0 amide bonds. The molecule has 45 heavy (non-hydrogen) atoms. The van der Waals surface area contributed by atoms with E-state index in [-0.39, 0.29) is 42.7 Å². The summed E-state index contributed by atoms with van der Waals surface area (Å²) in [5.41, 5.74) is 10.2. The van der Waals surface area contributed by atoms with Crippen LogP contribution >= 0.6 is 0 Å². The fourth-order valence-corrected chi connectivity index (χ4v) is 10.6. The fourth-order valence-electron chi connectivity index (χ4n) is 10.6. The molecule has 3 heterocycles. The average molecular weight is 772 g/mol. The molecule has 4 fully saturated rings. The van der Waals surface area contributed by atoms with Crippen LogP contribution in [-0.4, -0.2) is 9.97 Å². The summed E-state index contributed by atoms with van der Waals surface area (Å²) in [4.78, 5) is 11.5. The quantitative estimate of drug-likeness (QED) is 0.167. The van der Waals surface area contributed by atoms with Gasteiger partial charge in [-0.3, -0.25) is 9.97 Å². The van der Waals surface area contributed by atoms with Gasteiger partial charge in [0.05, 0.1) is 0 Å². The molecule has 0 unspecified atom stereocenters. The van der Waals surface area contributed by atoms with E-state index in [0.717, 1.165) is 51.4 Å². The predicted molar refractivity (Wildman–Crippen MR) is 176 cm³/mol. The summed E-state index contributed by atoms with van der Waals surface area (Å²) in [5, 5.41) is 0. The van der Waals surface area contributed by atoms with Gasteiger partial charge in [-0.1, -0.05) is 63.5 Å². The molecule has 232 valence electrons. The molecule has 2 nitrogen and oxygen atoms in total. The smallest absolute Gasteiger partial charge is 0.256 e. The van der Waals surface area contributed by atoms with E-state index in [1.165, 1.54) is 96.4 Å². The second kappa shape index (κ2) is 11.3. The van der Waals surface area contributed by atoms with E-state index < -0.39 is 0 Å². The molecule has 3 heteroatoms. The van der Waals surface area contributed by atoms with Crippen molar-refractivity contribution >= 4 is 0 Å². The summed E-state index contributed by atoms with van der Waals surface area (Å²) < 4.78 is 0. The normalized spacial score (nSPS) is 23.1. The van der Waals surface area contributed by atoms with Crippen LogP contribution in [0.1, 0.15) is 148 Å². The Labute approximate surface area is 284 Å². The SMILES string of the molecule is [Pt+2].[c-]1c2cccc1C1(CCCC1)c1cccc(n1)C1(CCCC1)c1[c-]c(ccc1)C1(CCCC1)c1cccc(n1)C21CCCC1.